The van der Waals surface area contributed by atoms with Gasteiger partial charge in [0.05, 0.1) is 17.8 Å². The van der Waals surface area contributed by atoms with Gasteiger partial charge in [-0.1, -0.05) is 23.7 Å². The molecule has 10 heteroatoms. The normalized spacial score (nSPS) is 16.2. The van der Waals surface area contributed by atoms with Gasteiger partial charge in [0.25, 0.3) is 5.91 Å². The highest BCUT2D eigenvalue weighted by molar-refractivity contribution is 7.99. The van der Waals surface area contributed by atoms with Crippen LogP contribution in [0.3, 0.4) is 0 Å². The van der Waals surface area contributed by atoms with Crippen LogP contribution in [-0.2, 0) is 16.1 Å². The number of carboxylic acids is 1. The molecule has 0 saturated carbocycles. The van der Waals surface area contributed by atoms with E-state index in [1.165, 1.54) is 4.90 Å². The van der Waals surface area contributed by atoms with Crippen molar-refractivity contribution in [3.63, 3.8) is 0 Å². The third-order valence-electron chi connectivity index (χ3n) is 4.48. The number of halogens is 2. The second-order valence-corrected chi connectivity index (χ2v) is 9.66. The van der Waals surface area contributed by atoms with E-state index < -0.39 is 41.0 Å². The highest BCUT2D eigenvalue weighted by Gasteiger charge is 2.34. The Kier molecular flexibility index (Phi) is 7.00. The summed E-state index contributed by atoms with van der Waals surface area (Å²) >= 11 is 7.09. The SMILES string of the molecule is CC(C)(C)OC(=O)N[C@H]1CSc2cc(F)c(C(=O)O)cc2N(Cc2ccc(Cl)cc2)C1=O. The fourth-order valence-corrected chi connectivity index (χ4v) is 4.28. The summed E-state index contributed by atoms with van der Waals surface area (Å²) < 4.78 is 19.6. The van der Waals surface area contributed by atoms with Gasteiger partial charge in [0.15, 0.2) is 0 Å². The number of nitrogens with zero attached hydrogens (tertiary/aromatic N) is 1. The van der Waals surface area contributed by atoms with Gasteiger partial charge in [-0.3, -0.25) is 4.79 Å². The minimum absolute atomic E-state index is 0.0702. The van der Waals surface area contributed by atoms with Crippen LogP contribution in [0, 0.1) is 5.82 Å². The Balaban J connectivity index is 2.00. The standard InChI is InChI=1S/C22H22ClFN2O5S/c1-22(2,3)31-21(30)25-16-11-32-18-9-15(24)14(20(28)29)8-17(18)26(19(16)27)10-12-4-6-13(23)7-5-12/h4-9,16H,10-11H2,1-3H3,(H,25,30)(H,28,29)/t16-/m0/s1. The van der Waals surface area contributed by atoms with Crippen LogP contribution in [0.25, 0.3) is 0 Å². The molecule has 2 amide bonds. The van der Waals surface area contributed by atoms with Gasteiger partial charge in [0, 0.05) is 15.7 Å². The molecule has 1 aliphatic heterocycles. The van der Waals surface area contributed by atoms with Gasteiger partial charge < -0.3 is 20.1 Å². The van der Waals surface area contributed by atoms with Crippen LogP contribution in [-0.4, -0.2) is 40.5 Å². The van der Waals surface area contributed by atoms with E-state index in [1.54, 1.807) is 45.0 Å². The maximum absolute atomic E-state index is 14.3. The topological polar surface area (TPSA) is 95.9 Å². The van der Waals surface area contributed by atoms with E-state index in [0.29, 0.717) is 9.92 Å². The van der Waals surface area contributed by atoms with E-state index in [0.717, 1.165) is 29.5 Å². The minimum Gasteiger partial charge on any atom is -0.478 e. The second kappa shape index (κ2) is 9.38. The van der Waals surface area contributed by atoms with E-state index in [9.17, 15) is 23.9 Å². The van der Waals surface area contributed by atoms with Crippen molar-refractivity contribution in [3.8, 4) is 0 Å². The van der Waals surface area contributed by atoms with E-state index in [2.05, 4.69) is 5.32 Å². The predicted octanol–water partition coefficient (Wildman–Crippen LogP) is 4.71. The number of carboxylic acid groups (broad SMARTS) is 1. The third kappa shape index (κ3) is 5.72. The average molecular weight is 481 g/mol. The van der Waals surface area contributed by atoms with Crippen molar-refractivity contribution in [2.75, 3.05) is 10.7 Å². The number of amides is 2. The molecule has 1 aliphatic rings. The number of hydrogen-bond acceptors (Lipinski definition) is 5. The molecule has 0 fully saturated rings. The van der Waals surface area contributed by atoms with Crippen LogP contribution in [0.15, 0.2) is 41.3 Å². The molecule has 0 spiro atoms. The smallest absolute Gasteiger partial charge is 0.408 e. The summed E-state index contributed by atoms with van der Waals surface area (Å²) in [5, 5.41) is 12.4. The number of fused-ring (bicyclic) bond motifs is 1. The van der Waals surface area contributed by atoms with Crippen LogP contribution >= 0.6 is 23.4 Å². The first-order valence-corrected chi connectivity index (χ1v) is 11.1. The summed E-state index contributed by atoms with van der Waals surface area (Å²) in [6.45, 7) is 5.18. The maximum Gasteiger partial charge on any atom is 0.408 e. The fraction of sp³-hybridized carbons (Fsp3) is 0.318. The molecule has 2 N–H and O–H groups in total. The third-order valence-corrected chi connectivity index (χ3v) is 5.87. The van der Waals surface area contributed by atoms with Crippen molar-refractivity contribution in [3.05, 3.63) is 58.4 Å². The highest BCUT2D eigenvalue weighted by atomic mass is 35.5. The number of rotatable bonds is 4. The first kappa shape index (κ1) is 23.9. The summed E-state index contributed by atoms with van der Waals surface area (Å²) in [5.74, 6) is -2.70. The largest absolute Gasteiger partial charge is 0.478 e. The van der Waals surface area contributed by atoms with Crippen molar-refractivity contribution in [2.45, 2.75) is 43.9 Å². The Bertz CT molecular complexity index is 1060. The molecule has 0 bridgehead atoms. The first-order chi connectivity index (χ1) is 14.9. The lowest BCUT2D eigenvalue weighted by molar-refractivity contribution is -0.120. The summed E-state index contributed by atoms with van der Waals surface area (Å²) in [4.78, 5) is 38.9. The summed E-state index contributed by atoms with van der Waals surface area (Å²) in [6.07, 6.45) is -0.758. The number of aromatic carboxylic acids is 1. The monoisotopic (exact) mass is 480 g/mol. The molecule has 1 heterocycles. The molecule has 0 radical (unpaired) electrons. The second-order valence-electron chi connectivity index (χ2n) is 8.17. The molecule has 170 valence electrons. The lowest BCUT2D eigenvalue weighted by atomic mass is 10.1. The number of benzene rings is 2. The van der Waals surface area contributed by atoms with Crippen LogP contribution in [0.5, 0.6) is 0 Å². The molecule has 0 saturated heterocycles. The van der Waals surface area contributed by atoms with Gasteiger partial charge in [-0.15, -0.1) is 11.8 Å². The van der Waals surface area contributed by atoms with Gasteiger partial charge >= 0.3 is 12.1 Å². The van der Waals surface area contributed by atoms with Crippen LogP contribution in [0.1, 0.15) is 36.7 Å². The van der Waals surface area contributed by atoms with Gasteiger partial charge in [-0.05, 0) is 50.6 Å². The highest BCUT2D eigenvalue weighted by Crippen LogP contribution is 2.37. The Morgan fingerprint density at radius 2 is 1.94 bits per heavy atom. The van der Waals surface area contributed by atoms with Crippen molar-refractivity contribution in [1.29, 1.82) is 0 Å². The zero-order valence-electron chi connectivity index (χ0n) is 17.6. The summed E-state index contributed by atoms with van der Waals surface area (Å²) in [6, 6.07) is 8.06. The molecule has 3 rings (SSSR count). The number of carbonyl (C=O) groups is 3. The van der Waals surface area contributed by atoms with Gasteiger partial charge in [0.2, 0.25) is 0 Å². The number of alkyl carbamates (subject to hydrolysis) is 1. The number of thioether (sulfide) groups is 1. The fourth-order valence-electron chi connectivity index (χ4n) is 3.07. The zero-order chi connectivity index (χ0) is 23.6. The average Bonchev–Trinajstić information content (AvgIpc) is 2.79. The van der Waals surface area contributed by atoms with Gasteiger partial charge in [0.1, 0.15) is 17.5 Å². The molecule has 0 unspecified atom stereocenters. The van der Waals surface area contributed by atoms with Crippen molar-refractivity contribution >= 4 is 47.0 Å². The van der Waals surface area contributed by atoms with Gasteiger partial charge in [-0.2, -0.15) is 0 Å². The van der Waals surface area contributed by atoms with Crippen LogP contribution in [0.4, 0.5) is 14.9 Å². The molecule has 7 nitrogen and oxygen atoms in total. The lowest BCUT2D eigenvalue weighted by Crippen LogP contribution is -2.50. The summed E-state index contributed by atoms with van der Waals surface area (Å²) in [7, 11) is 0. The van der Waals surface area contributed by atoms with E-state index in [1.807, 2.05) is 0 Å². The number of carbonyl (C=O) groups excluding carboxylic acids is 2. The minimum atomic E-state index is -1.44. The molecular weight excluding hydrogens is 459 g/mol. The number of ether oxygens (including phenoxy) is 1. The summed E-state index contributed by atoms with van der Waals surface area (Å²) in [5.41, 5.74) is -0.326. The van der Waals surface area contributed by atoms with Crippen LogP contribution < -0.4 is 10.2 Å². The van der Waals surface area contributed by atoms with E-state index >= 15 is 0 Å². The number of nitrogens with one attached hydrogen (secondary N) is 1. The van der Waals surface area contributed by atoms with E-state index in [-0.39, 0.29) is 18.0 Å². The van der Waals surface area contributed by atoms with E-state index in [4.69, 9.17) is 16.3 Å². The van der Waals surface area contributed by atoms with Crippen molar-refractivity contribution < 1.29 is 28.6 Å². The Morgan fingerprint density at radius 1 is 1.28 bits per heavy atom. The Morgan fingerprint density at radius 3 is 2.53 bits per heavy atom. The van der Waals surface area contributed by atoms with Crippen LogP contribution in [0.2, 0.25) is 5.02 Å². The van der Waals surface area contributed by atoms with Crippen molar-refractivity contribution in [1.82, 2.24) is 5.32 Å². The molecule has 2 aromatic carbocycles. The zero-order valence-corrected chi connectivity index (χ0v) is 19.2. The number of hydrogen-bond donors (Lipinski definition) is 2. The maximum atomic E-state index is 14.3. The quantitative estimate of drug-likeness (QED) is 0.658. The molecule has 2 aromatic rings. The predicted molar refractivity (Wildman–Crippen MR) is 120 cm³/mol. The number of anilines is 1. The molecule has 0 aromatic heterocycles. The Hall–Kier alpha value is -2.78. The molecule has 32 heavy (non-hydrogen) atoms. The van der Waals surface area contributed by atoms with Crippen molar-refractivity contribution in [2.24, 2.45) is 0 Å². The molecule has 1 atom stereocenters. The lowest BCUT2D eigenvalue weighted by Gasteiger charge is -2.27. The molecular formula is C22H22ClFN2O5S. The first-order valence-electron chi connectivity index (χ1n) is 9.69. The van der Waals surface area contributed by atoms with Gasteiger partial charge in [-0.25, -0.2) is 14.0 Å². The molecule has 0 aliphatic carbocycles. The Labute approximate surface area is 193 Å².